The number of hydrogen-bond donors (Lipinski definition) is 2. The summed E-state index contributed by atoms with van der Waals surface area (Å²) in [6.07, 6.45) is 5.10. The maximum atomic E-state index is 12.0. The average molecular weight is 283 g/mol. The third kappa shape index (κ3) is 3.95. The second kappa shape index (κ2) is 7.41. The predicted molar refractivity (Wildman–Crippen MR) is 84.6 cm³/mol. The number of nitrogens with two attached hydrogens (primary N) is 1. The molecule has 0 aromatic heterocycles. The quantitative estimate of drug-likeness (QED) is 0.753. The van der Waals surface area contributed by atoms with Crippen LogP contribution in [-0.2, 0) is 4.79 Å². The lowest BCUT2D eigenvalue weighted by Gasteiger charge is -2.46. The highest BCUT2D eigenvalue weighted by molar-refractivity contribution is 5.85. The van der Waals surface area contributed by atoms with E-state index in [1.165, 1.54) is 6.42 Å². The van der Waals surface area contributed by atoms with Crippen LogP contribution in [0.25, 0.3) is 0 Å². The summed E-state index contributed by atoms with van der Waals surface area (Å²) in [6.45, 7) is 11.9. The SMILES string of the molecule is CCC(C)N(CC)C1CCCC(NC(C)C)(C(N)=O)C1. The van der Waals surface area contributed by atoms with Crippen LogP contribution in [0.5, 0.6) is 0 Å². The van der Waals surface area contributed by atoms with Crippen LogP contribution >= 0.6 is 0 Å². The van der Waals surface area contributed by atoms with Crippen molar-refractivity contribution < 1.29 is 4.79 Å². The van der Waals surface area contributed by atoms with E-state index < -0.39 is 5.54 Å². The molecule has 0 aromatic carbocycles. The van der Waals surface area contributed by atoms with Crippen LogP contribution in [0.4, 0.5) is 0 Å². The van der Waals surface area contributed by atoms with Crippen molar-refractivity contribution in [3.63, 3.8) is 0 Å². The van der Waals surface area contributed by atoms with Crippen molar-refractivity contribution >= 4 is 5.91 Å². The highest BCUT2D eigenvalue weighted by Gasteiger charge is 2.43. The molecule has 1 saturated carbocycles. The first kappa shape index (κ1) is 17.4. The standard InChI is InChI=1S/C16H33N3O/c1-6-13(5)19(7-2)14-9-8-10-16(11-14,15(17)20)18-12(3)4/h12-14,18H,6-11H2,1-5H3,(H2,17,20). The van der Waals surface area contributed by atoms with Crippen LogP contribution in [0.1, 0.15) is 66.7 Å². The lowest BCUT2D eigenvalue weighted by molar-refractivity contribution is -0.127. The Hall–Kier alpha value is -0.610. The van der Waals surface area contributed by atoms with Gasteiger partial charge < -0.3 is 11.1 Å². The van der Waals surface area contributed by atoms with E-state index in [0.717, 1.165) is 32.2 Å². The summed E-state index contributed by atoms with van der Waals surface area (Å²) in [5.74, 6) is -0.184. The highest BCUT2D eigenvalue weighted by Crippen LogP contribution is 2.32. The summed E-state index contributed by atoms with van der Waals surface area (Å²) < 4.78 is 0. The molecule has 118 valence electrons. The van der Waals surface area contributed by atoms with Gasteiger partial charge in [0, 0.05) is 18.1 Å². The van der Waals surface area contributed by atoms with E-state index in [2.05, 4.69) is 44.8 Å². The molecule has 20 heavy (non-hydrogen) atoms. The third-order valence-electron chi connectivity index (χ3n) is 4.75. The number of nitrogens with zero attached hydrogens (tertiary/aromatic N) is 1. The molecule has 3 N–H and O–H groups in total. The Morgan fingerprint density at radius 1 is 1.40 bits per heavy atom. The van der Waals surface area contributed by atoms with Gasteiger partial charge in [0.25, 0.3) is 0 Å². The van der Waals surface area contributed by atoms with Crippen LogP contribution in [0.2, 0.25) is 0 Å². The first-order valence-corrected chi connectivity index (χ1v) is 8.19. The summed E-state index contributed by atoms with van der Waals surface area (Å²) >= 11 is 0. The molecule has 4 heteroatoms. The Morgan fingerprint density at radius 2 is 2.05 bits per heavy atom. The average Bonchev–Trinajstić information content (AvgIpc) is 2.38. The molecule has 3 unspecified atom stereocenters. The molecule has 0 radical (unpaired) electrons. The zero-order chi connectivity index (χ0) is 15.3. The van der Waals surface area contributed by atoms with Gasteiger partial charge in [0.05, 0.1) is 5.54 Å². The van der Waals surface area contributed by atoms with Gasteiger partial charge in [0.2, 0.25) is 5.91 Å². The molecule has 0 spiro atoms. The van der Waals surface area contributed by atoms with Crippen LogP contribution in [0, 0.1) is 0 Å². The Bertz CT molecular complexity index is 319. The van der Waals surface area contributed by atoms with Gasteiger partial charge in [-0.05, 0) is 59.4 Å². The van der Waals surface area contributed by atoms with Gasteiger partial charge in [-0.25, -0.2) is 0 Å². The van der Waals surface area contributed by atoms with Crippen LogP contribution in [0.3, 0.4) is 0 Å². The summed E-state index contributed by atoms with van der Waals surface area (Å²) in [5, 5.41) is 3.46. The van der Waals surface area contributed by atoms with E-state index >= 15 is 0 Å². The minimum absolute atomic E-state index is 0.184. The second-order valence-electron chi connectivity index (χ2n) is 6.58. The van der Waals surface area contributed by atoms with E-state index in [4.69, 9.17) is 5.73 Å². The molecule has 0 heterocycles. The van der Waals surface area contributed by atoms with Crippen molar-refractivity contribution in [2.75, 3.05) is 6.54 Å². The van der Waals surface area contributed by atoms with Crippen molar-refractivity contribution in [1.29, 1.82) is 0 Å². The molecule has 1 amide bonds. The number of carbonyl (C=O) groups is 1. The summed E-state index contributed by atoms with van der Waals surface area (Å²) in [4.78, 5) is 14.6. The van der Waals surface area contributed by atoms with Crippen molar-refractivity contribution in [2.45, 2.75) is 90.4 Å². The fourth-order valence-electron chi connectivity index (χ4n) is 3.67. The molecule has 0 saturated heterocycles. The van der Waals surface area contributed by atoms with Crippen molar-refractivity contribution in [3.8, 4) is 0 Å². The highest BCUT2D eigenvalue weighted by atomic mass is 16.1. The third-order valence-corrected chi connectivity index (χ3v) is 4.75. The molecular formula is C16H33N3O. The van der Waals surface area contributed by atoms with Gasteiger partial charge in [0.1, 0.15) is 0 Å². The first-order valence-electron chi connectivity index (χ1n) is 8.19. The van der Waals surface area contributed by atoms with Gasteiger partial charge in [-0.2, -0.15) is 0 Å². The maximum absolute atomic E-state index is 12.0. The van der Waals surface area contributed by atoms with E-state index in [-0.39, 0.29) is 11.9 Å². The molecule has 4 nitrogen and oxygen atoms in total. The van der Waals surface area contributed by atoms with Crippen molar-refractivity contribution in [3.05, 3.63) is 0 Å². The molecule has 1 rings (SSSR count). The van der Waals surface area contributed by atoms with Crippen molar-refractivity contribution in [2.24, 2.45) is 5.73 Å². The first-order chi connectivity index (χ1) is 9.36. The van der Waals surface area contributed by atoms with E-state index in [9.17, 15) is 4.79 Å². The number of primary amides is 1. The minimum Gasteiger partial charge on any atom is -0.368 e. The zero-order valence-electron chi connectivity index (χ0n) is 13.9. The fourth-order valence-corrected chi connectivity index (χ4v) is 3.67. The van der Waals surface area contributed by atoms with Gasteiger partial charge in [-0.1, -0.05) is 13.8 Å². The fraction of sp³-hybridized carbons (Fsp3) is 0.938. The lowest BCUT2D eigenvalue weighted by atomic mass is 9.77. The van der Waals surface area contributed by atoms with Crippen molar-refractivity contribution in [1.82, 2.24) is 10.2 Å². The lowest BCUT2D eigenvalue weighted by Crippen LogP contribution is -2.62. The summed E-state index contributed by atoms with van der Waals surface area (Å²) in [5.41, 5.74) is 5.23. The smallest absolute Gasteiger partial charge is 0.237 e. The Balaban J connectivity index is 2.89. The zero-order valence-corrected chi connectivity index (χ0v) is 13.9. The van der Waals surface area contributed by atoms with Gasteiger partial charge in [-0.3, -0.25) is 9.69 Å². The number of amides is 1. The molecule has 1 fully saturated rings. The van der Waals surface area contributed by atoms with E-state index in [0.29, 0.717) is 12.1 Å². The van der Waals surface area contributed by atoms with E-state index in [1.807, 2.05) is 0 Å². The Labute approximate surface area is 124 Å². The minimum atomic E-state index is -0.516. The molecule has 0 aromatic rings. The second-order valence-corrected chi connectivity index (χ2v) is 6.58. The Kier molecular flexibility index (Phi) is 6.46. The van der Waals surface area contributed by atoms with Gasteiger partial charge >= 0.3 is 0 Å². The molecule has 1 aliphatic rings. The normalized spacial score (nSPS) is 28.9. The molecule has 3 atom stereocenters. The van der Waals surface area contributed by atoms with E-state index in [1.54, 1.807) is 0 Å². The largest absolute Gasteiger partial charge is 0.368 e. The summed E-state index contributed by atoms with van der Waals surface area (Å²) in [7, 11) is 0. The molecule has 0 aliphatic heterocycles. The number of nitrogens with one attached hydrogen (secondary N) is 1. The topological polar surface area (TPSA) is 58.4 Å². The molecule has 0 bridgehead atoms. The van der Waals surface area contributed by atoms with Crippen LogP contribution in [0.15, 0.2) is 0 Å². The van der Waals surface area contributed by atoms with Gasteiger partial charge in [0.15, 0.2) is 0 Å². The Morgan fingerprint density at radius 3 is 2.50 bits per heavy atom. The van der Waals surface area contributed by atoms with Crippen LogP contribution < -0.4 is 11.1 Å². The monoisotopic (exact) mass is 283 g/mol. The summed E-state index contributed by atoms with van der Waals surface area (Å²) in [6, 6.07) is 1.30. The molecule has 1 aliphatic carbocycles. The number of carbonyl (C=O) groups excluding carboxylic acids is 1. The van der Waals surface area contributed by atoms with Gasteiger partial charge in [-0.15, -0.1) is 0 Å². The predicted octanol–water partition coefficient (Wildman–Crippen LogP) is 2.27. The van der Waals surface area contributed by atoms with Crippen LogP contribution in [-0.4, -0.2) is 41.0 Å². The number of hydrogen-bond acceptors (Lipinski definition) is 3. The molecular weight excluding hydrogens is 250 g/mol. The maximum Gasteiger partial charge on any atom is 0.237 e. The number of rotatable bonds is 7.